The molecule has 0 aliphatic rings. The van der Waals surface area contributed by atoms with Crippen LogP contribution in [-0.4, -0.2) is 42.9 Å². The van der Waals surface area contributed by atoms with E-state index in [4.69, 9.17) is 4.52 Å². The van der Waals surface area contributed by atoms with E-state index in [2.05, 4.69) is 26.0 Å². The van der Waals surface area contributed by atoms with Crippen LogP contribution in [0.5, 0.6) is 0 Å². The van der Waals surface area contributed by atoms with E-state index in [0.717, 1.165) is 19.3 Å². The van der Waals surface area contributed by atoms with E-state index in [1.165, 1.54) is 70.6 Å². The summed E-state index contributed by atoms with van der Waals surface area (Å²) in [7, 11) is 2.35. The van der Waals surface area contributed by atoms with Crippen LogP contribution < -0.4 is 0 Å². The van der Waals surface area contributed by atoms with Crippen LogP contribution in [-0.2, 0) is 9.09 Å². The van der Waals surface area contributed by atoms with Crippen molar-refractivity contribution in [3.8, 4) is 0 Å². The third-order valence-electron chi connectivity index (χ3n) is 5.48. The minimum Gasteiger partial charge on any atom is -0.320 e. The quantitative estimate of drug-likeness (QED) is 0.0929. The molecule has 0 saturated heterocycles. The average molecular weight is 433 g/mol. The van der Waals surface area contributed by atoms with E-state index in [1.807, 2.05) is 21.1 Å². The molecule has 0 bridgehead atoms. The highest BCUT2D eigenvalue weighted by atomic mass is 31.2. The molecule has 0 aliphatic carbocycles. The van der Waals surface area contributed by atoms with Crippen LogP contribution in [0.1, 0.15) is 110 Å². The Morgan fingerprint density at radius 1 is 0.793 bits per heavy atom. The highest BCUT2D eigenvalue weighted by molar-refractivity contribution is 7.53. The lowest BCUT2D eigenvalue weighted by Gasteiger charge is -2.35. The van der Waals surface area contributed by atoms with E-state index >= 15 is 0 Å². The fourth-order valence-electron chi connectivity index (χ4n) is 3.71. The molecule has 0 heterocycles. The molecule has 0 spiro atoms. The minimum atomic E-state index is -3.56. The zero-order valence-corrected chi connectivity index (χ0v) is 21.1. The van der Waals surface area contributed by atoms with Crippen molar-refractivity contribution >= 4 is 7.60 Å². The van der Waals surface area contributed by atoms with Crippen molar-refractivity contribution < 1.29 is 18.5 Å². The van der Waals surface area contributed by atoms with E-state index < -0.39 is 7.60 Å². The molecule has 174 valence electrons. The molecular weight excluding hydrogens is 381 g/mol. The first-order chi connectivity index (χ1) is 13.8. The van der Waals surface area contributed by atoms with E-state index in [9.17, 15) is 9.46 Å². The lowest BCUT2D eigenvalue weighted by molar-refractivity contribution is -0.883. The Bertz CT molecular complexity index is 446. The molecule has 4 nitrogen and oxygen atoms in total. The third-order valence-corrected chi connectivity index (χ3v) is 7.74. The zero-order chi connectivity index (χ0) is 22.0. The summed E-state index contributed by atoms with van der Waals surface area (Å²) in [6.45, 7) is 4.68. The van der Waals surface area contributed by atoms with Crippen LogP contribution in [0.4, 0.5) is 0 Å². The molecule has 0 aromatic rings. The van der Waals surface area contributed by atoms with Crippen molar-refractivity contribution in [3.63, 3.8) is 0 Å². The first-order valence-corrected chi connectivity index (χ1v) is 13.8. The molecule has 2 atom stereocenters. The highest BCUT2D eigenvalue weighted by Crippen LogP contribution is 2.51. The van der Waals surface area contributed by atoms with Gasteiger partial charge in [-0.15, -0.1) is 0 Å². The van der Waals surface area contributed by atoms with E-state index in [0.29, 0.717) is 17.5 Å². The molecule has 1 N–H and O–H groups in total. The number of unbranched alkanes of at least 4 members (excludes halogenated alkanes) is 11. The fourth-order valence-corrected chi connectivity index (χ4v) is 5.73. The summed E-state index contributed by atoms with van der Waals surface area (Å²) in [4.78, 5) is 10.4. The van der Waals surface area contributed by atoms with Crippen LogP contribution in [0.25, 0.3) is 0 Å². The Morgan fingerprint density at radius 2 is 1.28 bits per heavy atom. The summed E-state index contributed by atoms with van der Waals surface area (Å²) >= 11 is 0. The number of nitrogens with zero attached hydrogens (tertiary/aromatic N) is 1. The molecule has 29 heavy (non-hydrogen) atoms. The number of quaternary nitrogens is 1. The normalized spacial score (nSPS) is 15.7. The SMILES string of the molecule is CCC/C=C\CCCCCCCCCCCCOP(=O)(O)C(CCC)[N+](C)(C)C. The van der Waals surface area contributed by atoms with Crippen LogP contribution >= 0.6 is 7.60 Å². The molecule has 0 aliphatic heterocycles. The van der Waals surface area contributed by atoms with Crippen molar-refractivity contribution in [2.24, 2.45) is 0 Å². The van der Waals surface area contributed by atoms with Gasteiger partial charge < -0.3 is 13.9 Å². The molecule has 0 saturated carbocycles. The van der Waals surface area contributed by atoms with Gasteiger partial charge in [0.05, 0.1) is 27.7 Å². The molecule has 0 amide bonds. The van der Waals surface area contributed by atoms with Gasteiger partial charge in [0.25, 0.3) is 0 Å². The lowest BCUT2D eigenvalue weighted by atomic mass is 10.1. The predicted molar refractivity (Wildman–Crippen MR) is 127 cm³/mol. The third kappa shape index (κ3) is 16.2. The minimum absolute atomic E-state index is 0.333. The summed E-state index contributed by atoms with van der Waals surface area (Å²) in [6.07, 6.45) is 22.5. The maximum Gasteiger partial charge on any atom is 0.385 e. The van der Waals surface area contributed by atoms with Gasteiger partial charge in [-0.2, -0.15) is 0 Å². The summed E-state index contributed by atoms with van der Waals surface area (Å²) in [6, 6.07) is 0. The number of allylic oxidation sites excluding steroid dienone is 2. The van der Waals surface area contributed by atoms with E-state index in [-0.39, 0.29) is 5.78 Å². The fraction of sp³-hybridized carbons (Fsp3) is 0.917. The van der Waals surface area contributed by atoms with Crippen molar-refractivity contribution in [2.75, 3.05) is 27.7 Å². The Hall–Kier alpha value is -0.150. The van der Waals surface area contributed by atoms with Gasteiger partial charge in [0.2, 0.25) is 0 Å². The molecule has 0 fully saturated rings. The Morgan fingerprint density at radius 3 is 1.76 bits per heavy atom. The van der Waals surface area contributed by atoms with Gasteiger partial charge in [0.15, 0.2) is 5.78 Å². The smallest absolute Gasteiger partial charge is 0.320 e. The van der Waals surface area contributed by atoms with Gasteiger partial charge in [-0.3, -0.25) is 4.57 Å². The van der Waals surface area contributed by atoms with Crippen molar-refractivity contribution in [3.05, 3.63) is 12.2 Å². The van der Waals surface area contributed by atoms with Gasteiger partial charge in [0.1, 0.15) is 0 Å². The molecular formula is C24H51NO3P+. The standard InChI is InChI=1S/C24H50NO3P/c1-6-8-9-10-11-12-13-14-15-16-17-18-19-20-21-23-28-29(26,27)24(22-7-2)25(3,4)5/h9-10,24H,6-8,11-23H2,1-5H3/p+1/b10-9-. The van der Waals surface area contributed by atoms with Gasteiger partial charge in [-0.1, -0.05) is 83.8 Å². The average Bonchev–Trinajstić information content (AvgIpc) is 2.64. The molecule has 0 aromatic carbocycles. The second-order valence-corrected chi connectivity index (χ2v) is 11.3. The monoisotopic (exact) mass is 432 g/mol. The number of hydrogen-bond donors (Lipinski definition) is 1. The van der Waals surface area contributed by atoms with Crippen LogP contribution in [0, 0.1) is 0 Å². The van der Waals surface area contributed by atoms with Crippen molar-refractivity contribution in [2.45, 2.75) is 116 Å². The van der Waals surface area contributed by atoms with Gasteiger partial charge in [0, 0.05) is 6.42 Å². The Balaban J connectivity index is 3.60. The maximum absolute atomic E-state index is 12.6. The van der Waals surface area contributed by atoms with Crippen molar-refractivity contribution in [1.82, 2.24) is 0 Å². The van der Waals surface area contributed by atoms with Gasteiger partial charge in [-0.25, -0.2) is 0 Å². The van der Waals surface area contributed by atoms with Crippen LogP contribution in [0.2, 0.25) is 0 Å². The number of rotatable bonds is 20. The van der Waals surface area contributed by atoms with Gasteiger partial charge in [-0.05, 0) is 32.1 Å². The molecule has 0 aromatic heterocycles. The van der Waals surface area contributed by atoms with Crippen LogP contribution in [0.15, 0.2) is 12.2 Å². The van der Waals surface area contributed by atoms with Crippen LogP contribution in [0.3, 0.4) is 0 Å². The first-order valence-electron chi connectivity index (χ1n) is 12.2. The summed E-state index contributed by atoms with van der Waals surface area (Å²) < 4.78 is 18.6. The summed E-state index contributed by atoms with van der Waals surface area (Å²) in [5.74, 6) is -0.333. The maximum atomic E-state index is 12.6. The second kappa shape index (κ2) is 17.5. The second-order valence-electron chi connectivity index (χ2n) is 9.37. The Labute approximate surface area is 182 Å². The van der Waals surface area contributed by atoms with Gasteiger partial charge >= 0.3 is 7.60 Å². The van der Waals surface area contributed by atoms with E-state index in [1.54, 1.807) is 0 Å². The molecule has 2 unspecified atom stereocenters. The predicted octanol–water partition coefficient (Wildman–Crippen LogP) is 7.67. The highest BCUT2D eigenvalue weighted by Gasteiger charge is 2.41. The lowest BCUT2D eigenvalue weighted by Crippen LogP contribution is -2.45. The largest absolute Gasteiger partial charge is 0.385 e. The van der Waals surface area contributed by atoms with Crippen molar-refractivity contribution in [1.29, 1.82) is 0 Å². The molecule has 0 radical (unpaired) electrons. The first kappa shape index (κ1) is 28.9. The zero-order valence-electron chi connectivity index (χ0n) is 20.2. The molecule has 0 rings (SSSR count). The topological polar surface area (TPSA) is 46.5 Å². The number of hydrogen-bond acceptors (Lipinski definition) is 2. The summed E-state index contributed by atoms with van der Waals surface area (Å²) in [5.41, 5.74) is 0. The molecule has 5 heteroatoms. The summed E-state index contributed by atoms with van der Waals surface area (Å²) in [5, 5.41) is 0. The Kier molecular flexibility index (Phi) is 17.4.